The summed E-state index contributed by atoms with van der Waals surface area (Å²) in [6.45, 7) is 10.1. The van der Waals surface area contributed by atoms with Crippen LogP contribution in [0.5, 0.6) is 0 Å². The molecule has 0 radical (unpaired) electrons. The maximum atomic E-state index is 5.66. The molecular formula is C12H25NO2. The molecule has 0 aliphatic carbocycles. The number of hydrogen-bond acceptors (Lipinski definition) is 3. The van der Waals surface area contributed by atoms with Gasteiger partial charge >= 0.3 is 0 Å². The quantitative estimate of drug-likeness (QED) is 0.657. The van der Waals surface area contributed by atoms with E-state index < -0.39 is 0 Å². The molecule has 90 valence electrons. The lowest BCUT2D eigenvalue weighted by atomic mass is 10.1. The van der Waals surface area contributed by atoms with E-state index in [4.69, 9.17) is 9.47 Å². The van der Waals surface area contributed by atoms with Gasteiger partial charge in [-0.25, -0.2) is 0 Å². The Morgan fingerprint density at radius 3 is 2.80 bits per heavy atom. The van der Waals surface area contributed by atoms with Gasteiger partial charge in [0.2, 0.25) is 0 Å². The number of nitrogens with one attached hydrogen (secondary N) is 1. The van der Waals surface area contributed by atoms with E-state index in [9.17, 15) is 0 Å². The molecule has 0 aromatic carbocycles. The molecule has 0 saturated carbocycles. The Balaban J connectivity index is 1.88. The minimum Gasteiger partial charge on any atom is -0.377 e. The van der Waals surface area contributed by atoms with E-state index in [-0.39, 0.29) is 0 Å². The first kappa shape index (κ1) is 12.9. The molecule has 2 atom stereocenters. The monoisotopic (exact) mass is 215 g/mol. The zero-order chi connectivity index (χ0) is 11.1. The average Bonchev–Trinajstić information content (AvgIpc) is 2.69. The van der Waals surface area contributed by atoms with E-state index in [1.807, 2.05) is 0 Å². The Labute approximate surface area is 93.5 Å². The van der Waals surface area contributed by atoms with Gasteiger partial charge < -0.3 is 14.8 Å². The molecule has 0 aromatic heterocycles. The van der Waals surface area contributed by atoms with E-state index in [0.717, 1.165) is 26.3 Å². The fourth-order valence-corrected chi connectivity index (χ4v) is 1.58. The maximum absolute atomic E-state index is 5.66. The summed E-state index contributed by atoms with van der Waals surface area (Å²) in [6, 6.07) is 0. The molecule has 1 aliphatic heterocycles. The third kappa shape index (κ3) is 5.50. The Hall–Kier alpha value is -0.120. The number of ether oxygens (including phenoxy) is 2. The van der Waals surface area contributed by atoms with Crippen molar-refractivity contribution < 1.29 is 9.47 Å². The van der Waals surface area contributed by atoms with Crippen molar-refractivity contribution in [3.8, 4) is 0 Å². The van der Waals surface area contributed by atoms with Crippen molar-refractivity contribution in [2.45, 2.75) is 45.8 Å². The molecule has 0 spiro atoms. The van der Waals surface area contributed by atoms with Crippen molar-refractivity contribution in [2.24, 2.45) is 5.92 Å². The summed E-state index contributed by atoms with van der Waals surface area (Å²) in [5, 5.41) is 3.37. The highest BCUT2D eigenvalue weighted by Gasteiger charge is 2.14. The molecular weight excluding hydrogens is 190 g/mol. The van der Waals surface area contributed by atoms with Gasteiger partial charge in [-0.2, -0.15) is 0 Å². The number of hydrogen-bond donors (Lipinski definition) is 1. The Morgan fingerprint density at radius 2 is 2.20 bits per heavy atom. The molecule has 0 aromatic rings. The molecule has 3 heteroatoms. The van der Waals surface area contributed by atoms with E-state index >= 15 is 0 Å². The zero-order valence-electron chi connectivity index (χ0n) is 10.3. The van der Waals surface area contributed by atoms with Crippen LogP contribution in [0.25, 0.3) is 0 Å². The molecule has 3 nitrogen and oxygen atoms in total. The average molecular weight is 215 g/mol. The minimum absolute atomic E-state index is 0.356. The largest absolute Gasteiger partial charge is 0.377 e. The van der Waals surface area contributed by atoms with Crippen LogP contribution in [0.4, 0.5) is 0 Å². The van der Waals surface area contributed by atoms with Crippen molar-refractivity contribution in [1.82, 2.24) is 5.32 Å². The predicted molar refractivity (Wildman–Crippen MR) is 62.1 cm³/mol. The van der Waals surface area contributed by atoms with Crippen LogP contribution in [0.1, 0.15) is 33.6 Å². The van der Waals surface area contributed by atoms with Crippen LogP contribution in [0.15, 0.2) is 0 Å². The first-order valence-corrected chi connectivity index (χ1v) is 6.14. The normalized spacial score (nSPS) is 23.6. The van der Waals surface area contributed by atoms with Crippen LogP contribution in [0.3, 0.4) is 0 Å². The van der Waals surface area contributed by atoms with Crippen LogP contribution in [0.2, 0.25) is 0 Å². The molecule has 1 heterocycles. The van der Waals surface area contributed by atoms with Gasteiger partial charge in [-0.3, -0.25) is 0 Å². The second kappa shape index (κ2) is 7.20. The molecule has 1 rings (SSSR count). The van der Waals surface area contributed by atoms with Crippen molar-refractivity contribution in [3.05, 3.63) is 0 Å². The Kier molecular flexibility index (Phi) is 6.22. The fraction of sp³-hybridized carbons (Fsp3) is 1.00. The van der Waals surface area contributed by atoms with Crippen molar-refractivity contribution in [3.63, 3.8) is 0 Å². The lowest BCUT2D eigenvalue weighted by molar-refractivity contribution is 0.0353. The SMILES string of the molecule is CC(C)C(C)OCCNCC1CCCO1. The highest BCUT2D eigenvalue weighted by Crippen LogP contribution is 2.10. The van der Waals surface area contributed by atoms with Gasteiger partial charge in [0.25, 0.3) is 0 Å². The van der Waals surface area contributed by atoms with Gasteiger partial charge in [0.1, 0.15) is 0 Å². The van der Waals surface area contributed by atoms with Crippen molar-refractivity contribution in [2.75, 3.05) is 26.3 Å². The van der Waals surface area contributed by atoms with Crippen LogP contribution < -0.4 is 5.32 Å². The van der Waals surface area contributed by atoms with Crippen LogP contribution in [-0.4, -0.2) is 38.5 Å². The van der Waals surface area contributed by atoms with Gasteiger partial charge in [-0.1, -0.05) is 13.8 Å². The molecule has 1 N–H and O–H groups in total. The van der Waals surface area contributed by atoms with E-state index in [2.05, 4.69) is 26.1 Å². The minimum atomic E-state index is 0.356. The summed E-state index contributed by atoms with van der Waals surface area (Å²) in [5.41, 5.74) is 0. The highest BCUT2D eigenvalue weighted by atomic mass is 16.5. The predicted octanol–water partition coefficient (Wildman–Crippen LogP) is 1.82. The summed E-state index contributed by atoms with van der Waals surface area (Å²) >= 11 is 0. The second-order valence-electron chi connectivity index (χ2n) is 4.66. The van der Waals surface area contributed by atoms with Crippen LogP contribution >= 0.6 is 0 Å². The van der Waals surface area contributed by atoms with E-state index in [0.29, 0.717) is 18.1 Å². The summed E-state index contributed by atoms with van der Waals surface area (Å²) in [6.07, 6.45) is 3.21. The summed E-state index contributed by atoms with van der Waals surface area (Å²) in [5.74, 6) is 0.600. The smallest absolute Gasteiger partial charge is 0.0700 e. The summed E-state index contributed by atoms with van der Waals surface area (Å²) < 4.78 is 11.2. The molecule has 1 fully saturated rings. The third-order valence-corrected chi connectivity index (χ3v) is 2.99. The molecule has 0 bridgehead atoms. The molecule has 2 unspecified atom stereocenters. The van der Waals surface area contributed by atoms with Gasteiger partial charge in [0.15, 0.2) is 0 Å². The first-order valence-electron chi connectivity index (χ1n) is 6.14. The van der Waals surface area contributed by atoms with Crippen molar-refractivity contribution in [1.29, 1.82) is 0 Å². The number of rotatable bonds is 7. The van der Waals surface area contributed by atoms with E-state index in [1.54, 1.807) is 0 Å². The molecule has 0 amide bonds. The topological polar surface area (TPSA) is 30.5 Å². The van der Waals surface area contributed by atoms with Crippen LogP contribution in [-0.2, 0) is 9.47 Å². The van der Waals surface area contributed by atoms with Crippen molar-refractivity contribution >= 4 is 0 Å². The zero-order valence-corrected chi connectivity index (χ0v) is 10.3. The maximum Gasteiger partial charge on any atom is 0.0700 e. The first-order chi connectivity index (χ1) is 7.20. The van der Waals surface area contributed by atoms with E-state index in [1.165, 1.54) is 12.8 Å². The highest BCUT2D eigenvalue weighted by molar-refractivity contribution is 4.67. The van der Waals surface area contributed by atoms with Gasteiger partial charge in [-0.15, -0.1) is 0 Å². The molecule has 1 aliphatic rings. The lowest BCUT2D eigenvalue weighted by Gasteiger charge is -2.17. The van der Waals surface area contributed by atoms with Crippen LogP contribution in [0, 0.1) is 5.92 Å². The summed E-state index contributed by atoms with van der Waals surface area (Å²) in [4.78, 5) is 0. The van der Waals surface area contributed by atoms with Gasteiger partial charge in [0.05, 0.1) is 18.8 Å². The van der Waals surface area contributed by atoms with Gasteiger partial charge in [-0.05, 0) is 25.7 Å². The molecule has 1 saturated heterocycles. The second-order valence-corrected chi connectivity index (χ2v) is 4.66. The summed E-state index contributed by atoms with van der Waals surface area (Å²) in [7, 11) is 0. The Bertz CT molecular complexity index is 152. The molecule has 15 heavy (non-hydrogen) atoms. The van der Waals surface area contributed by atoms with Gasteiger partial charge in [0, 0.05) is 19.7 Å². The Morgan fingerprint density at radius 1 is 1.40 bits per heavy atom. The standard InChI is InChI=1S/C12H25NO2/c1-10(2)11(3)14-8-6-13-9-12-5-4-7-15-12/h10-13H,4-9H2,1-3H3. The third-order valence-electron chi connectivity index (χ3n) is 2.99. The fourth-order valence-electron chi connectivity index (χ4n) is 1.58. The lowest BCUT2D eigenvalue weighted by Crippen LogP contribution is -2.30.